The molecule has 0 unspecified atom stereocenters. The molecule has 372 valence electrons. The average molecular weight is 890 g/mol. The molecule has 0 aromatic rings. The first-order valence-electron chi connectivity index (χ1n) is 24.4. The number of ketones is 1. The van der Waals surface area contributed by atoms with E-state index in [2.05, 4.69) is 45.0 Å². The molecule has 0 aliphatic carbocycles. The van der Waals surface area contributed by atoms with Gasteiger partial charge in [-0.1, -0.05) is 175 Å². The number of carbonyl (C=O) groups is 4. The number of Topliss-reactive ketones (excluding diaryl/α,β-unsaturated/α-hetero) is 1. The zero-order chi connectivity index (χ0) is 48.0. The Hall–Kier alpha value is -2.64. The number of unbranched alkanes of at least 4 members (excludes halogenated alkanes) is 19. The number of rotatable bonds is 41. The van der Waals surface area contributed by atoms with Crippen LogP contribution in [-0.4, -0.2) is 95.6 Å². The van der Waals surface area contributed by atoms with Gasteiger partial charge in [-0.3, -0.25) is 9.59 Å². The Morgan fingerprint density at radius 2 is 0.903 bits per heavy atom. The fourth-order valence-corrected chi connectivity index (χ4v) is 5.24. The molecule has 6 N–H and O–H groups in total. The van der Waals surface area contributed by atoms with Crippen LogP contribution in [0.25, 0.3) is 0 Å². The molecule has 0 spiro atoms. The van der Waals surface area contributed by atoms with Crippen molar-refractivity contribution >= 4 is 24.6 Å². The maximum absolute atomic E-state index is 10.8. The van der Waals surface area contributed by atoms with Crippen molar-refractivity contribution in [1.29, 1.82) is 0 Å². The van der Waals surface area contributed by atoms with E-state index >= 15 is 0 Å². The molecule has 0 radical (unpaired) electrons. The van der Waals surface area contributed by atoms with Crippen LogP contribution in [0.3, 0.4) is 0 Å². The Morgan fingerprint density at radius 1 is 0.548 bits per heavy atom. The summed E-state index contributed by atoms with van der Waals surface area (Å²) in [6.45, 7) is 27.6. The Morgan fingerprint density at radius 3 is 1.23 bits per heavy atom. The third kappa shape index (κ3) is 92.6. The normalized spacial score (nSPS) is 9.74. The van der Waals surface area contributed by atoms with Crippen LogP contribution in [0.1, 0.15) is 209 Å². The molecule has 0 aromatic heterocycles. The predicted octanol–water partition coefficient (Wildman–Crippen LogP) is 11.5. The molecule has 0 fully saturated rings. The number of hydrogen-bond acceptors (Lipinski definition) is 9. The number of nitrogens with one attached hydrogen (secondary N) is 1. The summed E-state index contributed by atoms with van der Waals surface area (Å²) in [6, 6.07) is 0. The highest BCUT2D eigenvalue weighted by molar-refractivity contribution is 5.85. The molecule has 2 amide bonds. The summed E-state index contributed by atoms with van der Waals surface area (Å²) in [5, 5.41) is 11.2. The van der Waals surface area contributed by atoms with E-state index in [1.54, 1.807) is 6.92 Å². The van der Waals surface area contributed by atoms with Crippen molar-refractivity contribution in [3.8, 4) is 0 Å². The Balaban J connectivity index is -0.000000183. The van der Waals surface area contributed by atoms with Crippen LogP contribution in [0.4, 0.5) is 0 Å². The lowest BCUT2D eigenvalue weighted by atomic mass is 10.0. The van der Waals surface area contributed by atoms with Crippen LogP contribution < -0.4 is 16.8 Å². The van der Waals surface area contributed by atoms with E-state index < -0.39 is 5.97 Å². The lowest BCUT2D eigenvalue weighted by Crippen LogP contribution is -2.18. The van der Waals surface area contributed by atoms with Crippen molar-refractivity contribution in [1.82, 2.24) is 5.32 Å². The second-order valence-electron chi connectivity index (χ2n) is 15.0. The smallest absolute Gasteiger partial charge is 0.330 e. The molecule has 0 aliphatic rings. The van der Waals surface area contributed by atoms with Gasteiger partial charge in [-0.2, -0.15) is 0 Å². The highest BCUT2D eigenvalue weighted by Crippen LogP contribution is 2.15. The second-order valence-corrected chi connectivity index (χ2v) is 15.0. The summed E-state index contributed by atoms with van der Waals surface area (Å²) in [6.07, 6.45) is 31.5. The second kappa shape index (κ2) is 72.8. The standard InChI is InChI=1S/C21H38O3.C14H27NO5.C8H18.C4H11N.C2H6.CH3NO/c1-19(21(23)24)17-15-13-11-9-7-5-3-4-6-8-10-12-14-16-18-20(2)22;1-14(2)12-20-11-10-18-6-3-5-17-8-9-19-7-4-15-13-16;1-3-5-7-8-6-4-2;1-2-3-4-5;1-2;2-1-3/h1,3-18H2,2H3,(H,23,24);13H,1,3-12H2,2H3,(H,15,16);3-8H2,1-2H3;2-5H2,1H3;1-2H3;1H,(H2,2,3). The molecular weight excluding hydrogens is 787 g/mol. The number of hydrogen-bond donors (Lipinski definition) is 4. The van der Waals surface area contributed by atoms with Crippen LogP contribution in [0.5, 0.6) is 0 Å². The first kappa shape index (κ1) is 71.0. The molecule has 12 heteroatoms. The van der Waals surface area contributed by atoms with Crippen LogP contribution in [0.2, 0.25) is 0 Å². The molecule has 0 rings (SSSR count). The van der Waals surface area contributed by atoms with Gasteiger partial charge in [0.1, 0.15) is 5.78 Å². The largest absolute Gasteiger partial charge is 0.478 e. The van der Waals surface area contributed by atoms with Gasteiger partial charge in [0.2, 0.25) is 12.8 Å². The number of nitrogens with two attached hydrogens (primary N) is 2. The lowest BCUT2D eigenvalue weighted by Gasteiger charge is -2.07. The van der Waals surface area contributed by atoms with Crippen LogP contribution in [0.15, 0.2) is 24.3 Å². The molecular formula is C50H103N3O9. The fourth-order valence-electron chi connectivity index (χ4n) is 5.24. The maximum atomic E-state index is 10.8. The SMILES string of the molecule is C=C(C)COCCOCCCOCCOCCNC=O.C=C(CCCCCCCCCCCCCCCCC(C)=O)C(=O)O.CC.CCCCCCCC.CCCCN.NC=O. The Labute approximate surface area is 382 Å². The summed E-state index contributed by atoms with van der Waals surface area (Å²) in [7, 11) is 0. The minimum atomic E-state index is -0.855. The van der Waals surface area contributed by atoms with Gasteiger partial charge in [-0.15, -0.1) is 0 Å². The minimum Gasteiger partial charge on any atom is -0.478 e. The molecule has 0 heterocycles. The number of carboxylic acid groups (broad SMARTS) is 1. The fraction of sp³-hybridized carbons (Fsp3) is 0.840. The lowest BCUT2D eigenvalue weighted by molar-refractivity contribution is -0.132. The number of carboxylic acids is 1. The molecule has 0 saturated heterocycles. The number of carbonyl (C=O) groups excluding carboxylic acids is 3. The number of aliphatic carboxylic acids is 1. The first-order chi connectivity index (χ1) is 30.0. The van der Waals surface area contributed by atoms with Gasteiger partial charge in [0.05, 0.1) is 39.6 Å². The van der Waals surface area contributed by atoms with Gasteiger partial charge in [-0.05, 0) is 52.5 Å². The van der Waals surface area contributed by atoms with Gasteiger partial charge in [-0.25, -0.2) is 4.79 Å². The highest BCUT2D eigenvalue weighted by Gasteiger charge is 2.02. The zero-order valence-corrected chi connectivity index (χ0v) is 41.7. The van der Waals surface area contributed by atoms with Gasteiger partial charge in [0, 0.05) is 31.8 Å². The molecule has 62 heavy (non-hydrogen) atoms. The van der Waals surface area contributed by atoms with Crippen molar-refractivity contribution in [2.75, 3.05) is 65.9 Å². The van der Waals surface area contributed by atoms with Crippen molar-refractivity contribution in [2.45, 2.75) is 209 Å². The third-order valence-electron chi connectivity index (χ3n) is 8.72. The van der Waals surface area contributed by atoms with Crippen molar-refractivity contribution < 1.29 is 43.2 Å². The molecule has 0 atom stereocenters. The van der Waals surface area contributed by atoms with E-state index in [0.717, 1.165) is 44.2 Å². The molecule has 0 saturated carbocycles. The van der Waals surface area contributed by atoms with E-state index in [1.165, 1.54) is 122 Å². The zero-order valence-electron chi connectivity index (χ0n) is 41.7. The van der Waals surface area contributed by atoms with Crippen molar-refractivity contribution in [3.63, 3.8) is 0 Å². The molecule has 0 aromatic carbocycles. The predicted molar refractivity (Wildman–Crippen MR) is 263 cm³/mol. The molecule has 12 nitrogen and oxygen atoms in total. The summed E-state index contributed by atoms with van der Waals surface area (Å²) in [5.74, 6) is -0.535. The van der Waals surface area contributed by atoms with Crippen molar-refractivity contribution in [3.05, 3.63) is 24.3 Å². The summed E-state index contributed by atoms with van der Waals surface area (Å²) in [4.78, 5) is 39.9. The van der Waals surface area contributed by atoms with Gasteiger partial charge < -0.3 is 45.6 Å². The highest BCUT2D eigenvalue weighted by atomic mass is 16.5. The van der Waals surface area contributed by atoms with Crippen molar-refractivity contribution in [2.24, 2.45) is 11.5 Å². The number of primary amides is 1. The van der Waals surface area contributed by atoms with E-state index in [1.807, 2.05) is 20.8 Å². The number of ether oxygens (including phenoxy) is 4. The molecule has 0 bridgehead atoms. The number of amides is 2. The topological polar surface area (TPSA) is 190 Å². The monoisotopic (exact) mass is 890 g/mol. The minimum absolute atomic E-state index is 0.250. The van der Waals surface area contributed by atoms with E-state index in [-0.39, 0.29) is 6.41 Å². The van der Waals surface area contributed by atoms with Gasteiger partial charge in [0.25, 0.3) is 0 Å². The Kier molecular flexibility index (Phi) is 83.4. The quantitative estimate of drug-likeness (QED) is 0.0199. The summed E-state index contributed by atoms with van der Waals surface area (Å²) in [5.41, 5.74) is 10.7. The maximum Gasteiger partial charge on any atom is 0.330 e. The van der Waals surface area contributed by atoms with E-state index in [4.69, 9.17) is 34.6 Å². The summed E-state index contributed by atoms with van der Waals surface area (Å²) < 4.78 is 21.3. The van der Waals surface area contributed by atoms with E-state index in [9.17, 15) is 14.4 Å². The third-order valence-corrected chi connectivity index (χ3v) is 8.72. The van der Waals surface area contributed by atoms with Crippen LogP contribution >= 0.6 is 0 Å². The van der Waals surface area contributed by atoms with E-state index in [0.29, 0.717) is 83.6 Å². The van der Waals surface area contributed by atoms with Crippen LogP contribution in [-0.2, 0) is 38.1 Å². The first-order valence-corrected chi connectivity index (χ1v) is 24.4. The van der Waals surface area contributed by atoms with Gasteiger partial charge >= 0.3 is 5.97 Å². The Bertz CT molecular complexity index is 884. The van der Waals surface area contributed by atoms with Crippen LogP contribution in [0, 0.1) is 0 Å². The summed E-state index contributed by atoms with van der Waals surface area (Å²) >= 11 is 0. The average Bonchev–Trinajstić information content (AvgIpc) is 3.25. The molecule has 0 aliphatic heterocycles. The van der Waals surface area contributed by atoms with Gasteiger partial charge in [0.15, 0.2) is 0 Å².